The molecule has 1 amide bonds. The molecule has 2 fully saturated rings. The van der Waals surface area contributed by atoms with E-state index in [1.807, 2.05) is 9.80 Å². The summed E-state index contributed by atoms with van der Waals surface area (Å²) in [6.45, 7) is 2.44. The minimum Gasteiger partial charge on any atom is -0.423 e. The molecule has 122 valence electrons. The summed E-state index contributed by atoms with van der Waals surface area (Å²) in [5, 5.41) is 9.28. The van der Waals surface area contributed by atoms with Crippen LogP contribution in [0.2, 0.25) is 0 Å². The molecule has 0 spiro atoms. The number of piperazine rings is 1. The molecule has 1 aliphatic heterocycles. The molecule has 0 bridgehead atoms. The average Bonchev–Trinajstić information content (AvgIpc) is 3.41. The lowest BCUT2D eigenvalue weighted by atomic mass is 10.2. The van der Waals surface area contributed by atoms with Gasteiger partial charge >= 0.3 is 0 Å². The summed E-state index contributed by atoms with van der Waals surface area (Å²) in [4.78, 5) is 24.5. The van der Waals surface area contributed by atoms with Crippen LogP contribution in [0.3, 0.4) is 0 Å². The first-order valence-electron chi connectivity index (χ1n) is 8.11. The first kappa shape index (κ1) is 14.7. The number of pyridine rings is 1. The van der Waals surface area contributed by atoms with Gasteiger partial charge in [0.15, 0.2) is 0 Å². The van der Waals surface area contributed by atoms with E-state index in [0.29, 0.717) is 55.1 Å². The molecular weight excluding hydrogens is 306 g/mol. The quantitative estimate of drug-likeness (QED) is 0.856. The number of carbonyl (C=O) groups excluding carboxylic acids is 1. The van der Waals surface area contributed by atoms with E-state index in [-0.39, 0.29) is 5.91 Å². The van der Waals surface area contributed by atoms with Crippen molar-refractivity contribution in [1.29, 1.82) is 5.26 Å². The summed E-state index contributed by atoms with van der Waals surface area (Å²) in [6, 6.07) is 5.57. The number of anilines is 1. The van der Waals surface area contributed by atoms with Crippen LogP contribution in [0, 0.1) is 11.3 Å². The second-order valence-corrected chi connectivity index (χ2v) is 6.11. The molecule has 0 N–H and O–H groups in total. The van der Waals surface area contributed by atoms with Gasteiger partial charge in [0.05, 0.1) is 0 Å². The maximum atomic E-state index is 12.5. The highest BCUT2D eigenvalue weighted by Crippen LogP contribution is 2.41. The zero-order valence-corrected chi connectivity index (χ0v) is 13.2. The van der Waals surface area contributed by atoms with Crippen LogP contribution in [0.25, 0.3) is 0 Å². The summed E-state index contributed by atoms with van der Waals surface area (Å²) in [7, 11) is 0. The minimum absolute atomic E-state index is 0.00814. The van der Waals surface area contributed by atoms with Gasteiger partial charge in [0.1, 0.15) is 6.07 Å². The van der Waals surface area contributed by atoms with Crippen molar-refractivity contribution >= 4 is 11.8 Å². The lowest BCUT2D eigenvalue weighted by Crippen LogP contribution is -2.48. The second kappa shape index (κ2) is 5.96. The fourth-order valence-electron chi connectivity index (χ4n) is 2.91. The van der Waals surface area contributed by atoms with E-state index < -0.39 is 0 Å². The van der Waals surface area contributed by atoms with E-state index in [1.54, 1.807) is 24.5 Å². The second-order valence-electron chi connectivity index (χ2n) is 6.11. The lowest BCUT2D eigenvalue weighted by molar-refractivity contribution is 0.0745. The van der Waals surface area contributed by atoms with Crippen molar-refractivity contribution in [3.05, 3.63) is 41.7 Å². The normalized spacial score (nSPS) is 17.6. The summed E-state index contributed by atoms with van der Waals surface area (Å²) < 4.78 is 5.83. The highest BCUT2D eigenvalue weighted by molar-refractivity contribution is 5.94. The Labute approximate surface area is 139 Å². The first-order chi connectivity index (χ1) is 11.8. The maximum Gasteiger partial charge on any atom is 0.254 e. The van der Waals surface area contributed by atoms with Gasteiger partial charge in [0.2, 0.25) is 17.5 Å². The monoisotopic (exact) mass is 323 g/mol. The van der Waals surface area contributed by atoms with Crippen LogP contribution in [0.1, 0.15) is 40.7 Å². The molecular formula is C17H17N5O2. The van der Waals surface area contributed by atoms with Gasteiger partial charge < -0.3 is 14.2 Å². The van der Waals surface area contributed by atoms with Gasteiger partial charge in [-0.15, -0.1) is 0 Å². The van der Waals surface area contributed by atoms with Gasteiger partial charge in [-0.3, -0.25) is 9.78 Å². The number of oxazole rings is 1. The molecule has 0 radical (unpaired) electrons. The highest BCUT2D eigenvalue weighted by Gasteiger charge is 2.32. The Kier molecular flexibility index (Phi) is 3.65. The molecule has 0 unspecified atom stereocenters. The number of amides is 1. The number of carbonyl (C=O) groups is 1. The predicted molar refractivity (Wildman–Crippen MR) is 85.5 cm³/mol. The molecule has 2 aromatic heterocycles. The van der Waals surface area contributed by atoms with Crippen molar-refractivity contribution in [1.82, 2.24) is 14.9 Å². The van der Waals surface area contributed by atoms with Crippen LogP contribution in [-0.4, -0.2) is 47.0 Å². The Bertz CT molecular complexity index is 783. The van der Waals surface area contributed by atoms with Crippen LogP contribution >= 0.6 is 0 Å². The summed E-state index contributed by atoms with van der Waals surface area (Å²) in [5.74, 6) is 1.61. The lowest BCUT2D eigenvalue weighted by Gasteiger charge is -2.34. The molecule has 3 heterocycles. The van der Waals surface area contributed by atoms with Crippen LogP contribution in [0.4, 0.5) is 5.88 Å². The van der Waals surface area contributed by atoms with Gasteiger partial charge in [-0.25, -0.2) is 4.98 Å². The number of aromatic nitrogens is 2. The van der Waals surface area contributed by atoms with Gasteiger partial charge in [0, 0.05) is 50.1 Å². The van der Waals surface area contributed by atoms with Crippen LogP contribution in [0.15, 0.2) is 28.9 Å². The standard InChI is InChI=1S/C17H17N5O2/c18-11-14-17(24-15(20-14)12-1-2-12)22-9-7-21(8-10-22)16(23)13-3-5-19-6-4-13/h3-6,12H,1-2,7-10H2. The van der Waals surface area contributed by atoms with Crippen molar-refractivity contribution in [3.63, 3.8) is 0 Å². The molecule has 0 aromatic carbocycles. The van der Waals surface area contributed by atoms with Crippen molar-refractivity contribution in [3.8, 4) is 6.07 Å². The highest BCUT2D eigenvalue weighted by atomic mass is 16.4. The van der Waals surface area contributed by atoms with Crippen molar-refractivity contribution in [2.24, 2.45) is 0 Å². The van der Waals surface area contributed by atoms with E-state index in [1.165, 1.54) is 0 Å². The van der Waals surface area contributed by atoms with E-state index in [2.05, 4.69) is 16.0 Å². The largest absolute Gasteiger partial charge is 0.423 e. The first-order valence-corrected chi connectivity index (χ1v) is 8.11. The number of hydrogen-bond acceptors (Lipinski definition) is 6. The van der Waals surface area contributed by atoms with E-state index in [9.17, 15) is 10.1 Å². The molecule has 2 aromatic rings. The zero-order chi connectivity index (χ0) is 16.5. The van der Waals surface area contributed by atoms with Crippen LogP contribution < -0.4 is 4.90 Å². The summed E-state index contributed by atoms with van der Waals surface area (Å²) in [6.07, 6.45) is 5.41. The molecule has 24 heavy (non-hydrogen) atoms. The Morgan fingerprint density at radius 1 is 1.21 bits per heavy atom. The smallest absolute Gasteiger partial charge is 0.254 e. The van der Waals surface area contributed by atoms with Crippen molar-refractivity contribution in [2.45, 2.75) is 18.8 Å². The Balaban J connectivity index is 1.45. The number of nitrogens with zero attached hydrogens (tertiary/aromatic N) is 5. The zero-order valence-electron chi connectivity index (χ0n) is 13.2. The SMILES string of the molecule is N#Cc1nc(C2CC2)oc1N1CCN(C(=O)c2ccncc2)CC1. The Morgan fingerprint density at radius 3 is 2.54 bits per heavy atom. The summed E-state index contributed by atoms with van der Waals surface area (Å²) in [5.41, 5.74) is 0.998. The third-order valence-electron chi connectivity index (χ3n) is 4.44. The number of rotatable bonds is 3. The van der Waals surface area contributed by atoms with E-state index in [4.69, 9.17) is 4.42 Å². The molecule has 7 heteroatoms. The molecule has 2 aliphatic rings. The summed E-state index contributed by atoms with van der Waals surface area (Å²) >= 11 is 0. The van der Waals surface area contributed by atoms with Crippen molar-refractivity contribution < 1.29 is 9.21 Å². The fraction of sp³-hybridized carbons (Fsp3) is 0.412. The van der Waals surface area contributed by atoms with Gasteiger partial charge in [-0.2, -0.15) is 5.26 Å². The molecule has 1 aliphatic carbocycles. The van der Waals surface area contributed by atoms with Crippen LogP contribution in [-0.2, 0) is 0 Å². The number of nitriles is 1. The van der Waals surface area contributed by atoms with E-state index in [0.717, 1.165) is 12.8 Å². The molecule has 4 rings (SSSR count). The van der Waals surface area contributed by atoms with Crippen molar-refractivity contribution in [2.75, 3.05) is 31.1 Å². The molecule has 7 nitrogen and oxygen atoms in total. The minimum atomic E-state index is 0.00814. The third-order valence-corrected chi connectivity index (χ3v) is 4.44. The Morgan fingerprint density at radius 2 is 1.92 bits per heavy atom. The van der Waals surface area contributed by atoms with Gasteiger partial charge in [0.25, 0.3) is 5.91 Å². The predicted octanol–water partition coefficient (Wildman–Crippen LogP) is 1.78. The topological polar surface area (TPSA) is 86.3 Å². The molecule has 1 saturated heterocycles. The maximum absolute atomic E-state index is 12.5. The number of hydrogen-bond donors (Lipinski definition) is 0. The van der Waals surface area contributed by atoms with Crippen LogP contribution in [0.5, 0.6) is 0 Å². The van der Waals surface area contributed by atoms with Gasteiger partial charge in [-0.05, 0) is 25.0 Å². The average molecular weight is 323 g/mol. The Hall–Kier alpha value is -2.88. The van der Waals surface area contributed by atoms with E-state index >= 15 is 0 Å². The van der Waals surface area contributed by atoms with Gasteiger partial charge in [-0.1, -0.05) is 0 Å². The molecule has 0 atom stereocenters. The fourth-order valence-corrected chi connectivity index (χ4v) is 2.91. The third kappa shape index (κ3) is 2.71. The molecule has 1 saturated carbocycles.